The standard InChI is InChI=1S/C22H19F4N3O2/c23-18-11-28-20-17(7-8-27-20)19(18)13-9-14-3-4-15(10-13)29(14)21(30)12-1-5-16(6-2-12)31-22(24,25)26/h1-2,5-8,11,13-15H,3-4,9-10H2,(H,27,28)/t13?,14-,15+. The highest BCUT2D eigenvalue weighted by Crippen LogP contribution is 2.45. The third-order valence-electron chi connectivity index (χ3n) is 6.29. The molecule has 0 spiro atoms. The molecule has 4 heterocycles. The molecule has 2 saturated heterocycles. The number of hydrogen-bond donors (Lipinski definition) is 1. The van der Waals surface area contributed by atoms with Crippen molar-refractivity contribution in [2.45, 2.75) is 50.0 Å². The summed E-state index contributed by atoms with van der Waals surface area (Å²) in [5.41, 5.74) is 1.60. The summed E-state index contributed by atoms with van der Waals surface area (Å²) in [5.74, 6) is -0.942. The van der Waals surface area contributed by atoms with Crippen LogP contribution in [0, 0.1) is 5.82 Å². The van der Waals surface area contributed by atoms with E-state index in [2.05, 4.69) is 14.7 Å². The van der Waals surface area contributed by atoms with Crippen molar-refractivity contribution in [3.63, 3.8) is 0 Å². The summed E-state index contributed by atoms with van der Waals surface area (Å²) in [6, 6.07) is 6.73. The van der Waals surface area contributed by atoms with Crippen LogP contribution in [0.4, 0.5) is 17.6 Å². The lowest BCUT2D eigenvalue weighted by Crippen LogP contribution is -2.46. The zero-order valence-electron chi connectivity index (χ0n) is 16.3. The van der Waals surface area contributed by atoms with E-state index >= 15 is 0 Å². The molecule has 1 amide bonds. The van der Waals surface area contributed by atoms with Crippen molar-refractivity contribution >= 4 is 16.9 Å². The van der Waals surface area contributed by atoms with Gasteiger partial charge in [-0.3, -0.25) is 4.79 Å². The number of ether oxygens (including phenoxy) is 1. The average Bonchev–Trinajstić information content (AvgIpc) is 3.28. The van der Waals surface area contributed by atoms with Crippen molar-refractivity contribution in [3.8, 4) is 5.75 Å². The number of pyridine rings is 1. The predicted octanol–water partition coefficient (Wildman–Crippen LogP) is 5.15. The van der Waals surface area contributed by atoms with E-state index in [4.69, 9.17) is 0 Å². The molecule has 3 aromatic rings. The monoisotopic (exact) mass is 433 g/mol. The van der Waals surface area contributed by atoms with E-state index in [1.807, 2.05) is 11.0 Å². The van der Waals surface area contributed by atoms with Gasteiger partial charge in [-0.2, -0.15) is 0 Å². The van der Waals surface area contributed by atoms with Gasteiger partial charge in [0.25, 0.3) is 5.91 Å². The number of benzene rings is 1. The molecule has 1 N–H and O–H groups in total. The molecule has 3 atom stereocenters. The molecule has 5 rings (SSSR count). The van der Waals surface area contributed by atoms with E-state index in [9.17, 15) is 22.4 Å². The number of amides is 1. The first-order chi connectivity index (χ1) is 14.8. The minimum Gasteiger partial charge on any atom is -0.406 e. The summed E-state index contributed by atoms with van der Waals surface area (Å²) in [7, 11) is 0. The molecule has 5 nitrogen and oxygen atoms in total. The number of halogens is 4. The lowest BCUT2D eigenvalue weighted by Gasteiger charge is -2.39. The minimum atomic E-state index is -4.78. The highest BCUT2D eigenvalue weighted by Gasteiger charge is 2.44. The molecule has 9 heteroatoms. The van der Waals surface area contributed by atoms with E-state index < -0.39 is 6.36 Å². The molecule has 2 aromatic heterocycles. The Kier molecular flexibility index (Phi) is 4.64. The Morgan fingerprint density at radius 3 is 2.42 bits per heavy atom. The molecule has 162 valence electrons. The van der Waals surface area contributed by atoms with Crippen LogP contribution in [0.5, 0.6) is 5.75 Å². The summed E-state index contributed by atoms with van der Waals surface area (Å²) in [4.78, 5) is 22.0. The third kappa shape index (κ3) is 3.62. The van der Waals surface area contributed by atoms with Gasteiger partial charge in [0.05, 0.1) is 6.20 Å². The van der Waals surface area contributed by atoms with Gasteiger partial charge in [0.1, 0.15) is 17.2 Å². The van der Waals surface area contributed by atoms with Crippen LogP contribution in [0.2, 0.25) is 0 Å². The van der Waals surface area contributed by atoms with Crippen LogP contribution in [-0.4, -0.2) is 39.2 Å². The molecular formula is C22H19F4N3O2. The quantitative estimate of drug-likeness (QED) is 0.581. The number of nitrogens with zero attached hydrogens (tertiary/aromatic N) is 2. The van der Waals surface area contributed by atoms with Crippen LogP contribution >= 0.6 is 0 Å². The predicted molar refractivity (Wildman–Crippen MR) is 104 cm³/mol. The van der Waals surface area contributed by atoms with Crippen LogP contribution in [0.25, 0.3) is 11.0 Å². The number of piperidine rings is 1. The number of carbonyl (C=O) groups excluding carboxylic acids is 1. The minimum absolute atomic E-state index is 0.0228. The number of fused-ring (bicyclic) bond motifs is 3. The van der Waals surface area contributed by atoms with Gasteiger partial charge in [-0.15, -0.1) is 13.2 Å². The number of rotatable bonds is 3. The highest BCUT2D eigenvalue weighted by molar-refractivity contribution is 5.95. The lowest BCUT2D eigenvalue weighted by molar-refractivity contribution is -0.274. The van der Waals surface area contributed by atoms with Crippen molar-refractivity contribution < 1.29 is 27.1 Å². The fourth-order valence-electron chi connectivity index (χ4n) is 5.11. The van der Waals surface area contributed by atoms with Gasteiger partial charge >= 0.3 is 6.36 Å². The zero-order chi connectivity index (χ0) is 21.8. The molecule has 31 heavy (non-hydrogen) atoms. The van der Waals surface area contributed by atoms with Crippen LogP contribution < -0.4 is 4.74 Å². The molecule has 0 radical (unpaired) electrons. The van der Waals surface area contributed by atoms with Gasteiger partial charge in [-0.05, 0) is 61.9 Å². The largest absolute Gasteiger partial charge is 0.573 e. The van der Waals surface area contributed by atoms with Crippen molar-refractivity contribution in [2.24, 2.45) is 0 Å². The summed E-state index contributed by atoms with van der Waals surface area (Å²) in [6.45, 7) is 0. The van der Waals surface area contributed by atoms with Crippen molar-refractivity contribution in [2.75, 3.05) is 0 Å². The SMILES string of the molecule is O=C(c1ccc(OC(F)(F)F)cc1)N1[C@@H]2CC[C@H]1CC(c1c(F)cnc3[nH]ccc13)C2. The molecule has 2 aliphatic heterocycles. The molecule has 2 aliphatic rings. The first kappa shape index (κ1) is 19.8. The van der Waals surface area contributed by atoms with Gasteiger partial charge < -0.3 is 14.6 Å². The second-order valence-electron chi connectivity index (χ2n) is 8.10. The Morgan fingerprint density at radius 1 is 1.10 bits per heavy atom. The van der Waals surface area contributed by atoms with Crippen molar-refractivity contribution in [1.82, 2.24) is 14.9 Å². The Morgan fingerprint density at radius 2 is 1.77 bits per heavy atom. The molecule has 0 saturated carbocycles. The van der Waals surface area contributed by atoms with Crippen LogP contribution in [-0.2, 0) is 0 Å². The number of alkyl halides is 3. The highest BCUT2D eigenvalue weighted by atomic mass is 19.4. The average molecular weight is 433 g/mol. The molecule has 1 aromatic carbocycles. The Labute approximate surface area is 175 Å². The fraction of sp³-hybridized carbons (Fsp3) is 0.364. The maximum Gasteiger partial charge on any atom is 0.573 e. The fourth-order valence-corrected chi connectivity index (χ4v) is 5.11. The van der Waals surface area contributed by atoms with Gasteiger partial charge in [-0.25, -0.2) is 9.37 Å². The second kappa shape index (κ2) is 7.25. The van der Waals surface area contributed by atoms with E-state index in [0.29, 0.717) is 29.6 Å². The third-order valence-corrected chi connectivity index (χ3v) is 6.29. The number of nitrogens with one attached hydrogen (secondary N) is 1. The van der Waals surface area contributed by atoms with Gasteiger partial charge in [0.15, 0.2) is 0 Å². The second-order valence-corrected chi connectivity index (χ2v) is 8.10. The van der Waals surface area contributed by atoms with Gasteiger partial charge in [0.2, 0.25) is 0 Å². The first-order valence-corrected chi connectivity index (χ1v) is 10.1. The summed E-state index contributed by atoms with van der Waals surface area (Å²) < 4.78 is 55.6. The normalized spacial score (nSPS) is 23.4. The molecule has 2 bridgehead atoms. The van der Waals surface area contributed by atoms with E-state index in [1.165, 1.54) is 18.3 Å². The summed E-state index contributed by atoms with van der Waals surface area (Å²) in [6.07, 6.45) is 1.12. The van der Waals surface area contributed by atoms with Crippen LogP contribution in [0.15, 0.2) is 42.7 Å². The topological polar surface area (TPSA) is 58.2 Å². The number of aromatic nitrogens is 2. The lowest BCUT2D eigenvalue weighted by atomic mass is 9.83. The van der Waals surface area contributed by atoms with Gasteiger partial charge in [0, 0.05) is 34.8 Å². The van der Waals surface area contributed by atoms with Crippen molar-refractivity contribution in [1.29, 1.82) is 0 Å². The Balaban J connectivity index is 1.36. The van der Waals surface area contributed by atoms with E-state index in [0.717, 1.165) is 30.4 Å². The smallest absolute Gasteiger partial charge is 0.406 e. The number of hydrogen-bond acceptors (Lipinski definition) is 3. The molecular weight excluding hydrogens is 414 g/mol. The van der Waals surface area contributed by atoms with Crippen LogP contribution in [0.3, 0.4) is 0 Å². The molecule has 0 aliphatic carbocycles. The number of aromatic amines is 1. The first-order valence-electron chi connectivity index (χ1n) is 10.1. The van der Waals surface area contributed by atoms with Crippen LogP contribution in [0.1, 0.15) is 47.5 Å². The summed E-state index contributed by atoms with van der Waals surface area (Å²) >= 11 is 0. The zero-order valence-corrected chi connectivity index (χ0v) is 16.3. The Bertz CT molecular complexity index is 1110. The molecule has 2 fully saturated rings. The van der Waals surface area contributed by atoms with E-state index in [1.54, 1.807) is 6.20 Å². The number of H-pyrrole nitrogens is 1. The Hall–Kier alpha value is -3.10. The summed E-state index contributed by atoms with van der Waals surface area (Å²) in [5, 5.41) is 0.768. The van der Waals surface area contributed by atoms with E-state index in [-0.39, 0.29) is 35.5 Å². The maximum atomic E-state index is 14.7. The van der Waals surface area contributed by atoms with Crippen molar-refractivity contribution in [3.05, 3.63) is 59.7 Å². The maximum absolute atomic E-state index is 14.7. The number of carbonyl (C=O) groups is 1. The van der Waals surface area contributed by atoms with Gasteiger partial charge in [-0.1, -0.05) is 0 Å². The molecule has 1 unspecified atom stereocenters.